The molecule has 1 saturated heterocycles. The Bertz CT molecular complexity index is 266. The molecule has 0 amide bonds. The Morgan fingerprint density at radius 2 is 2.54 bits per heavy atom. The van der Waals surface area contributed by atoms with Crippen LogP contribution in [0.4, 0.5) is 0 Å². The van der Waals surface area contributed by atoms with Crippen molar-refractivity contribution in [2.45, 2.75) is 32.0 Å². The average molecular weight is 181 g/mol. The van der Waals surface area contributed by atoms with Crippen LogP contribution in [0.2, 0.25) is 0 Å². The third kappa shape index (κ3) is 1.89. The van der Waals surface area contributed by atoms with Gasteiger partial charge in [-0.2, -0.15) is 5.10 Å². The first-order valence-electron chi connectivity index (χ1n) is 4.75. The highest BCUT2D eigenvalue weighted by Gasteiger charge is 2.15. The van der Waals surface area contributed by atoms with Gasteiger partial charge in [-0.05, 0) is 19.3 Å². The van der Waals surface area contributed by atoms with E-state index in [0.29, 0.717) is 6.54 Å². The molecule has 1 atom stereocenters. The van der Waals surface area contributed by atoms with Crippen molar-refractivity contribution in [3.63, 3.8) is 0 Å². The normalized spacial score (nSPS) is 23.3. The number of rotatable bonds is 2. The fourth-order valence-electron chi connectivity index (χ4n) is 1.57. The molecule has 0 bridgehead atoms. The summed E-state index contributed by atoms with van der Waals surface area (Å²) in [5.41, 5.74) is 6.56. The Morgan fingerprint density at radius 1 is 1.62 bits per heavy atom. The molecule has 13 heavy (non-hydrogen) atoms. The zero-order valence-electron chi connectivity index (χ0n) is 7.65. The summed E-state index contributed by atoms with van der Waals surface area (Å²) in [5.74, 6) is 0. The minimum Gasteiger partial charge on any atom is -0.357 e. The van der Waals surface area contributed by atoms with Crippen molar-refractivity contribution in [3.05, 3.63) is 18.0 Å². The summed E-state index contributed by atoms with van der Waals surface area (Å²) in [4.78, 5) is 0. The summed E-state index contributed by atoms with van der Waals surface area (Å²) >= 11 is 0. The van der Waals surface area contributed by atoms with Crippen LogP contribution in [0, 0.1) is 0 Å². The Labute approximate surface area is 77.7 Å². The van der Waals surface area contributed by atoms with Crippen LogP contribution >= 0.6 is 0 Å². The lowest BCUT2D eigenvalue weighted by atomic mass is 10.2. The second-order valence-corrected chi connectivity index (χ2v) is 3.35. The van der Waals surface area contributed by atoms with E-state index in [2.05, 4.69) is 5.10 Å². The largest absolute Gasteiger partial charge is 0.357 e. The highest BCUT2D eigenvalue weighted by Crippen LogP contribution is 2.21. The van der Waals surface area contributed by atoms with Crippen molar-refractivity contribution in [3.8, 4) is 0 Å². The maximum Gasteiger partial charge on any atom is 0.150 e. The lowest BCUT2D eigenvalue weighted by molar-refractivity contribution is -0.0395. The fourth-order valence-corrected chi connectivity index (χ4v) is 1.57. The molecule has 0 saturated carbocycles. The van der Waals surface area contributed by atoms with Gasteiger partial charge in [0.05, 0.1) is 6.20 Å². The Morgan fingerprint density at radius 3 is 3.15 bits per heavy atom. The van der Waals surface area contributed by atoms with E-state index in [1.165, 1.54) is 12.8 Å². The maximum absolute atomic E-state index is 5.58. The van der Waals surface area contributed by atoms with E-state index < -0.39 is 0 Å². The molecule has 0 spiro atoms. The van der Waals surface area contributed by atoms with Crippen LogP contribution in [0.25, 0.3) is 0 Å². The van der Waals surface area contributed by atoms with Gasteiger partial charge in [0.25, 0.3) is 0 Å². The molecule has 4 nitrogen and oxygen atoms in total. The zero-order valence-corrected chi connectivity index (χ0v) is 7.65. The number of hydrogen-bond donors (Lipinski definition) is 1. The number of ether oxygens (including phenoxy) is 1. The third-order valence-electron chi connectivity index (χ3n) is 2.34. The Hall–Kier alpha value is -0.870. The first-order valence-corrected chi connectivity index (χ1v) is 4.75. The molecule has 0 aliphatic carbocycles. The van der Waals surface area contributed by atoms with Gasteiger partial charge in [0.15, 0.2) is 0 Å². The smallest absolute Gasteiger partial charge is 0.150 e. The number of nitrogens with zero attached hydrogens (tertiary/aromatic N) is 2. The van der Waals surface area contributed by atoms with Gasteiger partial charge in [0, 0.05) is 24.9 Å². The summed E-state index contributed by atoms with van der Waals surface area (Å²) < 4.78 is 7.46. The second kappa shape index (κ2) is 3.89. The molecule has 1 fully saturated rings. The monoisotopic (exact) mass is 181 g/mol. The minimum atomic E-state index is 0.133. The van der Waals surface area contributed by atoms with Crippen molar-refractivity contribution >= 4 is 0 Å². The fraction of sp³-hybridized carbons (Fsp3) is 0.667. The molecule has 1 aromatic rings. The maximum atomic E-state index is 5.58. The van der Waals surface area contributed by atoms with E-state index in [1.807, 2.05) is 10.9 Å². The van der Waals surface area contributed by atoms with E-state index in [4.69, 9.17) is 10.5 Å². The van der Waals surface area contributed by atoms with E-state index >= 15 is 0 Å². The summed E-state index contributed by atoms with van der Waals surface area (Å²) in [6, 6.07) is 0. The summed E-state index contributed by atoms with van der Waals surface area (Å²) in [5, 5.41) is 4.22. The zero-order chi connectivity index (χ0) is 9.10. The second-order valence-electron chi connectivity index (χ2n) is 3.35. The van der Waals surface area contributed by atoms with Crippen molar-refractivity contribution in [2.75, 3.05) is 6.61 Å². The van der Waals surface area contributed by atoms with E-state index in [9.17, 15) is 0 Å². The quantitative estimate of drug-likeness (QED) is 0.741. The molecule has 0 unspecified atom stereocenters. The first-order chi connectivity index (χ1) is 6.40. The van der Waals surface area contributed by atoms with Crippen molar-refractivity contribution in [2.24, 2.45) is 5.73 Å². The SMILES string of the molecule is NCc1cnn([C@@H]2CCCCO2)c1. The van der Waals surface area contributed by atoms with Crippen LogP contribution in [0.5, 0.6) is 0 Å². The van der Waals surface area contributed by atoms with Crippen LogP contribution in [0.15, 0.2) is 12.4 Å². The third-order valence-corrected chi connectivity index (χ3v) is 2.34. The standard InChI is InChI=1S/C9H15N3O/c10-5-8-6-11-12(7-8)9-3-1-2-4-13-9/h6-7,9H,1-5,10H2/t9-/m0/s1. The van der Waals surface area contributed by atoms with Gasteiger partial charge in [0.1, 0.15) is 6.23 Å². The molecule has 4 heteroatoms. The first kappa shape index (κ1) is 8.72. The van der Waals surface area contributed by atoms with Gasteiger partial charge in [-0.3, -0.25) is 0 Å². The van der Waals surface area contributed by atoms with E-state index in [1.54, 1.807) is 6.20 Å². The molecule has 2 rings (SSSR count). The van der Waals surface area contributed by atoms with Gasteiger partial charge in [-0.1, -0.05) is 0 Å². The predicted molar refractivity (Wildman–Crippen MR) is 49.0 cm³/mol. The molecular weight excluding hydrogens is 166 g/mol. The van der Waals surface area contributed by atoms with Gasteiger partial charge in [0.2, 0.25) is 0 Å². The van der Waals surface area contributed by atoms with Crippen LogP contribution in [-0.4, -0.2) is 16.4 Å². The van der Waals surface area contributed by atoms with Crippen molar-refractivity contribution < 1.29 is 4.74 Å². The van der Waals surface area contributed by atoms with Crippen molar-refractivity contribution in [1.29, 1.82) is 0 Å². The molecule has 2 heterocycles. The summed E-state index contributed by atoms with van der Waals surface area (Å²) in [7, 11) is 0. The Balaban J connectivity index is 2.05. The van der Waals surface area contributed by atoms with E-state index in [-0.39, 0.29) is 6.23 Å². The molecule has 1 aliphatic heterocycles. The lowest BCUT2D eigenvalue weighted by Gasteiger charge is -2.22. The lowest BCUT2D eigenvalue weighted by Crippen LogP contribution is -2.18. The predicted octanol–water partition coefficient (Wildman–Crippen LogP) is 1.04. The van der Waals surface area contributed by atoms with Crippen LogP contribution in [0.1, 0.15) is 31.1 Å². The molecule has 2 N–H and O–H groups in total. The molecule has 72 valence electrons. The number of nitrogens with two attached hydrogens (primary N) is 1. The number of aromatic nitrogens is 2. The molecule has 0 aromatic carbocycles. The van der Waals surface area contributed by atoms with Gasteiger partial charge < -0.3 is 10.5 Å². The van der Waals surface area contributed by atoms with Crippen molar-refractivity contribution in [1.82, 2.24) is 9.78 Å². The van der Waals surface area contributed by atoms with Crippen LogP contribution in [-0.2, 0) is 11.3 Å². The molecule has 0 radical (unpaired) electrons. The topological polar surface area (TPSA) is 53.1 Å². The highest BCUT2D eigenvalue weighted by molar-refractivity contribution is 5.02. The van der Waals surface area contributed by atoms with Crippen LogP contribution < -0.4 is 5.73 Å². The van der Waals surface area contributed by atoms with Gasteiger partial charge in [-0.25, -0.2) is 4.68 Å². The van der Waals surface area contributed by atoms with Gasteiger partial charge in [-0.15, -0.1) is 0 Å². The number of hydrogen-bond acceptors (Lipinski definition) is 3. The molecule has 1 aromatic heterocycles. The summed E-state index contributed by atoms with van der Waals surface area (Å²) in [6.45, 7) is 1.40. The molecule has 1 aliphatic rings. The minimum absolute atomic E-state index is 0.133. The average Bonchev–Trinajstić information content (AvgIpc) is 2.67. The molecular formula is C9H15N3O. The highest BCUT2D eigenvalue weighted by atomic mass is 16.5. The van der Waals surface area contributed by atoms with E-state index in [0.717, 1.165) is 18.6 Å². The Kier molecular flexibility index (Phi) is 2.61. The van der Waals surface area contributed by atoms with Gasteiger partial charge >= 0.3 is 0 Å². The summed E-state index contributed by atoms with van der Waals surface area (Å²) in [6.07, 6.45) is 7.36. The van der Waals surface area contributed by atoms with Crippen LogP contribution in [0.3, 0.4) is 0 Å².